The molecule has 0 aliphatic carbocycles. The lowest BCUT2D eigenvalue weighted by Crippen LogP contribution is -2.33. The van der Waals surface area contributed by atoms with Gasteiger partial charge in [-0.05, 0) is 17.7 Å². The number of carbonyl (C=O) groups is 1. The maximum Gasteiger partial charge on any atom is 0.387 e. The number of halogens is 2. The van der Waals surface area contributed by atoms with Crippen molar-refractivity contribution < 1.29 is 18.3 Å². The highest BCUT2D eigenvalue weighted by molar-refractivity contribution is 5.77. The van der Waals surface area contributed by atoms with Gasteiger partial charge in [-0.2, -0.15) is 8.78 Å². The number of carbonyl (C=O) groups excluding carboxylic acids is 1. The van der Waals surface area contributed by atoms with Crippen molar-refractivity contribution in [1.29, 1.82) is 0 Å². The van der Waals surface area contributed by atoms with Crippen molar-refractivity contribution in [2.75, 3.05) is 13.1 Å². The molecule has 1 aromatic carbocycles. The van der Waals surface area contributed by atoms with Crippen molar-refractivity contribution in [1.82, 2.24) is 10.6 Å². The molecule has 0 spiro atoms. The molecular weight excluding hydrogens is 254 g/mol. The Morgan fingerprint density at radius 1 is 1.37 bits per heavy atom. The topological polar surface area (TPSA) is 50.4 Å². The molecule has 0 saturated carbocycles. The molecule has 102 valence electrons. The van der Waals surface area contributed by atoms with Crippen molar-refractivity contribution in [2.24, 2.45) is 0 Å². The summed E-state index contributed by atoms with van der Waals surface area (Å²) in [5.74, 6) is 2.24. The lowest BCUT2D eigenvalue weighted by Gasteiger charge is -2.07. The summed E-state index contributed by atoms with van der Waals surface area (Å²) in [7, 11) is 0. The molecule has 1 amide bonds. The van der Waals surface area contributed by atoms with E-state index in [1.54, 1.807) is 12.1 Å². The monoisotopic (exact) mass is 268 g/mol. The zero-order chi connectivity index (χ0) is 14.1. The highest BCUT2D eigenvalue weighted by Crippen LogP contribution is 2.14. The van der Waals surface area contributed by atoms with Crippen LogP contribution in [0.5, 0.6) is 5.75 Å². The molecule has 0 aliphatic rings. The van der Waals surface area contributed by atoms with Crippen molar-refractivity contribution in [2.45, 2.75) is 13.2 Å². The van der Waals surface area contributed by atoms with Gasteiger partial charge in [0, 0.05) is 6.54 Å². The fraction of sp³-hybridized carbons (Fsp3) is 0.308. The summed E-state index contributed by atoms with van der Waals surface area (Å²) in [5.41, 5.74) is 0.784. The van der Waals surface area contributed by atoms with Crippen LogP contribution in [0.4, 0.5) is 8.78 Å². The van der Waals surface area contributed by atoms with Gasteiger partial charge in [-0.1, -0.05) is 18.1 Å². The third-order valence-electron chi connectivity index (χ3n) is 2.15. The van der Waals surface area contributed by atoms with Crippen molar-refractivity contribution in [3.63, 3.8) is 0 Å². The predicted molar refractivity (Wildman–Crippen MR) is 66.6 cm³/mol. The Bertz CT molecular complexity index is 441. The summed E-state index contributed by atoms with van der Waals surface area (Å²) in [6, 6.07) is 6.05. The Labute approximate surface area is 110 Å². The highest BCUT2D eigenvalue weighted by atomic mass is 19.3. The molecule has 0 saturated heterocycles. The Morgan fingerprint density at radius 3 is 2.63 bits per heavy atom. The van der Waals surface area contributed by atoms with Gasteiger partial charge in [0.05, 0.1) is 13.1 Å². The number of hydrogen-bond acceptors (Lipinski definition) is 3. The zero-order valence-corrected chi connectivity index (χ0v) is 10.2. The maximum absolute atomic E-state index is 11.9. The van der Waals surface area contributed by atoms with E-state index < -0.39 is 6.61 Å². The minimum atomic E-state index is -2.84. The first-order valence-electron chi connectivity index (χ1n) is 5.56. The summed E-state index contributed by atoms with van der Waals surface area (Å²) in [6.45, 7) is -2.07. The molecule has 19 heavy (non-hydrogen) atoms. The van der Waals surface area contributed by atoms with Gasteiger partial charge in [0.15, 0.2) is 0 Å². The first-order valence-corrected chi connectivity index (χ1v) is 5.56. The van der Waals surface area contributed by atoms with Gasteiger partial charge >= 0.3 is 6.61 Å². The lowest BCUT2D eigenvalue weighted by molar-refractivity contribution is -0.120. The van der Waals surface area contributed by atoms with Crippen molar-refractivity contribution >= 4 is 5.91 Å². The molecule has 0 bridgehead atoms. The molecule has 6 heteroatoms. The van der Waals surface area contributed by atoms with E-state index in [-0.39, 0.29) is 18.2 Å². The smallest absolute Gasteiger partial charge is 0.387 e. The third kappa shape index (κ3) is 6.38. The quantitative estimate of drug-likeness (QED) is 0.575. The number of amides is 1. The van der Waals surface area contributed by atoms with Crippen LogP contribution in [-0.2, 0) is 11.3 Å². The van der Waals surface area contributed by atoms with E-state index in [2.05, 4.69) is 21.3 Å². The van der Waals surface area contributed by atoms with E-state index in [0.717, 1.165) is 5.56 Å². The van der Waals surface area contributed by atoms with Crippen molar-refractivity contribution in [3.05, 3.63) is 29.8 Å². The van der Waals surface area contributed by atoms with Crippen LogP contribution in [0.3, 0.4) is 0 Å². The standard InChI is InChI=1S/C13H14F2N2O2/c1-2-7-16-9-12(18)17-8-10-3-5-11(6-4-10)19-13(14)15/h1,3-6,13,16H,7-9H2,(H,17,18). The minimum absolute atomic E-state index is 0.0840. The molecule has 1 aromatic rings. The van der Waals surface area contributed by atoms with Gasteiger partial charge in [-0.3, -0.25) is 10.1 Å². The number of hydrogen-bond donors (Lipinski definition) is 2. The van der Waals surface area contributed by atoms with E-state index in [1.165, 1.54) is 12.1 Å². The molecule has 0 heterocycles. The molecule has 0 aliphatic heterocycles. The molecule has 0 fully saturated rings. The fourth-order valence-electron chi connectivity index (χ4n) is 1.30. The molecule has 0 atom stereocenters. The molecular formula is C13H14F2N2O2. The van der Waals surface area contributed by atoms with Crippen LogP contribution in [0, 0.1) is 12.3 Å². The largest absolute Gasteiger partial charge is 0.435 e. The average Bonchev–Trinajstić information content (AvgIpc) is 2.37. The minimum Gasteiger partial charge on any atom is -0.435 e. The lowest BCUT2D eigenvalue weighted by atomic mass is 10.2. The predicted octanol–water partition coefficient (Wildman–Crippen LogP) is 1.13. The normalized spacial score (nSPS) is 10.0. The summed E-state index contributed by atoms with van der Waals surface area (Å²) in [6.07, 6.45) is 5.02. The number of alkyl halides is 2. The number of rotatable bonds is 7. The highest BCUT2D eigenvalue weighted by Gasteiger charge is 2.04. The maximum atomic E-state index is 11.9. The SMILES string of the molecule is C#CCNCC(=O)NCc1ccc(OC(F)F)cc1. The molecule has 1 rings (SSSR count). The van der Waals surface area contributed by atoms with Crippen LogP contribution in [0.2, 0.25) is 0 Å². The van der Waals surface area contributed by atoms with Gasteiger partial charge in [0.2, 0.25) is 5.91 Å². The van der Waals surface area contributed by atoms with Crippen LogP contribution < -0.4 is 15.4 Å². The Balaban J connectivity index is 2.33. The number of benzene rings is 1. The third-order valence-corrected chi connectivity index (χ3v) is 2.15. The summed E-state index contributed by atoms with van der Waals surface area (Å²) < 4.78 is 28.1. The molecule has 0 radical (unpaired) electrons. The summed E-state index contributed by atoms with van der Waals surface area (Å²) in [4.78, 5) is 11.3. The Kier molecular flexibility index (Phi) is 6.33. The first kappa shape index (κ1) is 14.9. The molecule has 0 aromatic heterocycles. The summed E-state index contributed by atoms with van der Waals surface area (Å²) in [5, 5.41) is 5.41. The van der Waals surface area contributed by atoms with E-state index in [4.69, 9.17) is 6.42 Å². The Morgan fingerprint density at radius 2 is 2.05 bits per heavy atom. The molecule has 0 unspecified atom stereocenters. The van der Waals surface area contributed by atoms with Crippen LogP contribution in [0.25, 0.3) is 0 Å². The second-order valence-electron chi connectivity index (χ2n) is 3.61. The van der Waals surface area contributed by atoms with Crippen molar-refractivity contribution in [3.8, 4) is 18.1 Å². The van der Waals surface area contributed by atoms with E-state index in [1.807, 2.05) is 0 Å². The number of terminal acetylenes is 1. The Hall–Kier alpha value is -2.13. The van der Waals surface area contributed by atoms with Gasteiger partial charge in [-0.25, -0.2) is 0 Å². The average molecular weight is 268 g/mol. The van der Waals surface area contributed by atoms with Gasteiger partial charge in [0.1, 0.15) is 5.75 Å². The van der Waals surface area contributed by atoms with E-state index in [0.29, 0.717) is 13.1 Å². The van der Waals surface area contributed by atoms with E-state index in [9.17, 15) is 13.6 Å². The first-order chi connectivity index (χ1) is 9.11. The molecule has 4 nitrogen and oxygen atoms in total. The van der Waals surface area contributed by atoms with Crippen LogP contribution in [0.1, 0.15) is 5.56 Å². The van der Waals surface area contributed by atoms with Crippen LogP contribution >= 0.6 is 0 Å². The fourth-order valence-corrected chi connectivity index (χ4v) is 1.30. The van der Waals surface area contributed by atoms with Gasteiger partial charge < -0.3 is 10.1 Å². The molecule has 2 N–H and O–H groups in total. The van der Waals surface area contributed by atoms with E-state index >= 15 is 0 Å². The van der Waals surface area contributed by atoms with Crippen LogP contribution in [0.15, 0.2) is 24.3 Å². The number of nitrogens with one attached hydrogen (secondary N) is 2. The summed E-state index contributed by atoms with van der Waals surface area (Å²) >= 11 is 0. The second kappa shape index (κ2) is 8.06. The van der Waals surface area contributed by atoms with Gasteiger partial charge in [-0.15, -0.1) is 6.42 Å². The second-order valence-corrected chi connectivity index (χ2v) is 3.61. The zero-order valence-electron chi connectivity index (χ0n) is 10.2. The number of ether oxygens (including phenoxy) is 1. The van der Waals surface area contributed by atoms with Crippen LogP contribution in [-0.4, -0.2) is 25.6 Å². The van der Waals surface area contributed by atoms with Gasteiger partial charge in [0.25, 0.3) is 0 Å².